The third-order valence-corrected chi connectivity index (χ3v) is 4.27. The van der Waals surface area contributed by atoms with Crippen LogP contribution in [0.25, 0.3) is 11.6 Å². The highest BCUT2D eigenvalue weighted by atomic mass is 16.6. The van der Waals surface area contributed by atoms with Gasteiger partial charge in [0.25, 0.3) is 11.4 Å². The molecule has 0 unspecified atom stereocenters. The average Bonchev–Trinajstić information content (AvgIpc) is 2.68. The van der Waals surface area contributed by atoms with Crippen molar-refractivity contribution in [2.24, 2.45) is 0 Å². The summed E-state index contributed by atoms with van der Waals surface area (Å²) >= 11 is 0. The zero-order chi connectivity index (χ0) is 19.4. The molecule has 2 aromatic rings. The molecule has 27 heavy (non-hydrogen) atoms. The Balaban J connectivity index is 1.94. The van der Waals surface area contributed by atoms with Crippen molar-refractivity contribution < 1.29 is 9.85 Å². The molecule has 3 rings (SSSR count). The van der Waals surface area contributed by atoms with Crippen molar-refractivity contribution in [3.05, 3.63) is 98.2 Å². The summed E-state index contributed by atoms with van der Waals surface area (Å²) < 4.78 is 0. The van der Waals surface area contributed by atoms with Gasteiger partial charge in [-0.1, -0.05) is 30.4 Å². The van der Waals surface area contributed by atoms with Crippen LogP contribution in [0.4, 0.5) is 17.1 Å². The average molecular weight is 363 g/mol. The first kappa shape index (κ1) is 18.1. The maximum atomic E-state index is 11.2. The Labute approximate surface area is 155 Å². The van der Waals surface area contributed by atoms with Gasteiger partial charge >= 0.3 is 0 Å². The van der Waals surface area contributed by atoms with Gasteiger partial charge in [-0.05, 0) is 36.8 Å². The van der Waals surface area contributed by atoms with Crippen LogP contribution in [0.5, 0.6) is 0 Å². The first-order valence-corrected chi connectivity index (χ1v) is 8.36. The summed E-state index contributed by atoms with van der Waals surface area (Å²) in [5, 5.41) is 22.0. The summed E-state index contributed by atoms with van der Waals surface area (Å²) in [4.78, 5) is 22.9. The van der Waals surface area contributed by atoms with Crippen LogP contribution in [0.3, 0.4) is 0 Å². The predicted octanol–water partition coefficient (Wildman–Crippen LogP) is 4.95. The Morgan fingerprint density at radius 1 is 1.07 bits per heavy atom. The molecule has 0 spiro atoms. The Morgan fingerprint density at radius 3 is 2.56 bits per heavy atom. The second-order valence-electron chi connectivity index (χ2n) is 5.86. The van der Waals surface area contributed by atoms with Gasteiger partial charge in [-0.2, -0.15) is 0 Å². The van der Waals surface area contributed by atoms with Crippen LogP contribution in [0.2, 0.25) is 0 Å². The molecule has 2 aromatic carbocycles. The number of para-hydroxylation sites is 1. The van der Waals surface area contributed by atoms with E-state index in [2.05, 4.69) is 11.8 Å². The summed E-state index contributed by atoms with van der Waals surface area (Å²) in [5.41, 5.74) is 2.87. The van der Waals surface area contributed by atoms with Crippen LogP contribution >= 0.6 is 0 Å². The van der Waals surface area contributed by atoms with Crippen LogP contribution in [0.1, 0.15) is 18.1 Å². The van der Waals surface area contributed by atoms with E-state index in [1.165, 1.54) is 12.1 Å². The van der Waals surface area contributed by atoms with Crippen LogP contribution < -0.4 is 4.90 Å². The maximum Gasteiger partial charge on any atom is 0.283 e. The molecule has 1 heterocycles. The molecule has 0 radical (unpaired) electrons. The zero-order valence-corrected chi connectivity index (χ0v) is 14.6. The van der Waals surface area contributed by atoms with Gasteiger partial charge in [0.15, 0.2) is 0 Å². The minimum absolute atomic E-state index is 0.296. The molecule has 1 aliphatic heterocycles. The van der Waals surface area contributed by atoms with E-state index in [-0.39, 0.29) is 11.4 Å². The number of rotatable bonds is 5. The molecule has 0 aliphatic carbocycles. The number of nitrogens with zero attached hydrogens (tertiary/aromatic N) is 3. The van der Waals surface area contributed by atoms with Crippen molar-refractivity contribution in [1.29, 1.82) is 0 Å². The highest BCUT2D eigenvalue weighted by molar-refractivity contribution is 5.87. The molecule has 7 heteroatoms. The molecule has 0 saturated heterocycles. The summed E-state index contributed by atoms with van der Waals surface area (Å²) in [6, 6.07) is 11.6. The van der Waals surface area contributed by atoms with Crippen LogP contribution in [-0.2, 0) is 0 Å². The van der Waals surface area contributed by atoms with Crippen molar-refractivity contribution in [2.45, 2.75) is 6.92 Å². The van der Waals surface area contributed by atoms with E-state index in [4.69, 9.17) is 0 Å². The lowest BCUT2D eigenvalue weighted by Crippen LogP contribution is -2.18. The second kappa shape index (κ2) is 7.65. The van der Waals surface area contributed by atoms with E-state index >= 15 is 0 Å². The number of benzene rings is 2. The van der Waals surface area contributed by atoms with Gasteiger partial charge in [0.2, 0.25) is 0 Å². The van der Waals surface area contributed by atoms with Crippen molar-refractivity contribution in [2.75, 3.05) is 11.4 Å². The topological polar surface area (TPSA) is 89.5 Å². The fraction of sp³-hybridized carbons (Fsp3) is 0.100. The van der Waals surface area contributed by atoms with Crippen molar-refractivity contribution in [3.8, 4) is 0 Å². The number of allylic oxidation sites excluding steroid dienone is 4. The Hall–Kier alpha value is -3.74. The summed E-state index contributed by atoms with van der Waals surface area (Å²) in [6.07, 6.45) is 9.15. The normalized spacial score (nSPS) is 14.6. The highest BCUT2D eigenvalue weighted by Crippen LogP contribution is 2.32. The number of anilines is 1. The third kappa shape index (κ3) is 3.77. The van der Waals surface area contributed by atoms with E-state index in [1.807, 2.05) is 42.6 Å². The largest absolute Gasteiger partial charge is 0.348 e. The molecule has 0 amide bonds. The molecule has 0 saturated carbocycles. The first-order chi connectivity index (χ1) is 13.0. The summed E-state index contributed by atoms with van der Waals surface area (Å²) in [6.45, 7) is 2.93. The van der Waals surface area contributed by atoms with Crippen LogP contribution in [0, 0.1) is 20.2 Å². The number of nitro benzene ring substituents is 2. The highest BCUT2D eigenvalue weighted by Gasteiger charge is 2.18. The fourth-order valence-electron chi connectivity index (χ4n) is 2.93. The second-order valence-corrected chi connectivity index (χ2v) is 5.86. The molecular formula is C20H17N3O4. The number of non-ortho nitro benzene ring substituents is 1. The lowest BCUT2D eigenvalue weighted by molar-refractivity contribution is -0.394. The van der Waals surface area contributed by atoms with Gasteiger partial charge in [0.05, 0.1) is 21.5 Å². The van der Waals surface area contributed by atoms with E-state index in [0.717, 1.165) is 29.4 Å². The Kier molecular flexibility index (Phi) is 5.12. The molecule has 1 aliphatic rings. The van der Waals surface area contributed by atoms with Gasteiger partial charge in [-0.25, -0.2) is 0 Å². The number of hydrogen-bond donors (Lipinski definition) is 0. The summed E-state index contributed by atoms with van der Waals surface area (Å²) in [5.74, 6) is 0. The third-order valence-electron chi connectivity index (χ3n) is 4.27. The van der Waals surface area contributed by atoms with E-state index in [0.29, 0.717) is 5.56 Å². The quantitative estimate of drug-likeness (QED) is 0.553. The monoisotopic (exact) mass is 363 g/mol. The Bertz CT molecular complexity index is 992. The molecular weight excluding hydrogens is 346 g/mol. The standard InChI is InChI=1S/C20H17N3O4/c1-2-21-13-12-15(18-8-3-4-9-19(18)21)6-5-7-16-10-11-17(22(24)25)14-20(16)23(26)27/h3-14H,2H2,1H3/b7-5+,15-6+. The molecule has 0 aromatic heterocycles. The number of hydrogen-bond acceptors (Lipinski definition) is 5. The van der Waals surface area contributed by atoms with Crippen LogP contribution in [-0.4, -0.2) is 16.4 Å². The van der Waals surface area contributed by atoms with Gasteiger partial charge in [-0.15, -0.1) is 0 Å². The minimum atomic E-state index is -0.647. The predicted molar refractivity (Wildman–Crippen MR) is 105 cm³/mol. The van der Waals surface area contributed by atoms with E-state index < -0.39 is 9.85 Å². The molecule has 0 fully saturated rings. The molecule has 136 valence electrons. The van der Waals surface area contributed by atoms with Gasteiger partial charge in [0.1, 0.15) is 0 Å². The van der Waals surface area contributed by atoms with E-state index in [1.54, 1.807) is 12.2 Å². The SMILES string of the molecule is CCN1C=C/C(=C\C=C\c2ccc([N+](=O)[O-])cc2[N+](=O)[O-])c2ccccc21. The molecule has 0 bridgehead atoms. The smallest absolute Gasteiger partial charge is 0.283 e. The maximum absolute atomic E-state index is 11.2. The van der Waals surface area contributed by atoms with Gasteiger partial charge in [0, 0.05) is 30.1 Å². The fourth-order valence-corrected chi connectivity index (χ4v) is 2.93. The molecule has 0 atom stereocenters. The number of fused-ring (bicyclic) bond motifs is 1. The number of nitro groups is 2. The minimum Gasteiger partial charge on any atom is -0.348 e. The van der Waals surface area contributed by atoms with E-state index in [9.17, 15) is 20.2 Å². The molecule has 0 N–H and O–H groups in total. The zero-order valence-electron chi connectivity index (χ0n) is 14.6. The first-order valence-electron chi connectivity index (χ1n) is 8.36. The van der Waals surface area contributed by atoms with Gasteiger partial charge in [-0.3, -0.25) is 20.2 Å². The lowest BCUT2D eigenvalue weighted by atomic mass is 9.99. The van der Waals surface area contributed by atoms with Crippen molar-refractivity contribution in [1.82, 2.24) is 0 Å². The van der Waals surface area contributed by atoms with Crippen molar-refractivity contribution in [3.63, 3.8) is 0 Å². The van der Waals surface area contributed by atoms with Crippen molar-refractivity contribution >= 4 is 28.7 Å². The summed E-state index contributed by atoms with van der Waals surface area (Å²) in [7, 11) is 0. The molecule has 7 nitrogen and oxygen atoms in total. The van der Waals surface area contributed by atoms with Crippen LogP contribution in [0.15, 0.2) is 66.9 Å². The lowest BCUT2D eigenvalue weighted by Gasteiger charge is -2.26. The Morgan fingerprint density at radius 2 is 1.85 bits per heavy atom. The van der Waals surface area contributed by atoms with Gasteiger partial charge < -0.3 is 4.90 Å².